The molecule has 0 radical (unpaired) electrons. The molecular formula is C17H20N4. The maximum atomic E-state index is 5.94. The molecule has 0 aliphatic heterocycles. The van der Waals surface area contributed by atoms with Gasteiger partial charge in [0.15, 0.2) is 5.96 Å². The summed E-state index contributed by atoms with van der Waals surface area (Å²) in [6.45, 7) is 0.662. The van der Waals surface area contributed by atoms with Crippen LogP contribution in [-0.4, -0.2) is 17.5 Å². The normalized spacial score (nSPS) is 14.0. The fourth-order valence-corrected chi connectivity index (χ4v) is 2.69. The van der Waals surface area contributed by atoms with E-state index >= 15 is 0 Å². The zero-order valence-corrected chi connectivity index (χ0v) is 12.0. The van der Waals surface area contributed by atoms with Gasteiger partial charge in [0.05, 0.1) is 0 Å². The fourth-order valence-electron chi connectivity index (χ4n) is 2.69. The van der Waals surface area contributed by atoms with Crippen LogP contribution < -0.4 is 11.1 Å². The number of fused-ring (bicyclic) bond motifs is 1. The van der Waals surface area contributed by atoms with Crippen molar-refractivity contribution in [3.05, 3.63) is 59.4 Å². The molecule has 1 heterocycles. The minimum Gasteiger partial charge on any atom is -0.370 e. The van der Waals surface area contributed by atoms with Crippen molar-refractivity contribution in [3.63, 3.8) is 0 Å². The zero-order chi connectivity index (χ0) is 14.5. The maximum absolute atomic E-state index is 5.94. The first-order valence-corrected chi connectivity index (χ1v) is 7.39. The van der Waals surface area contributed by atoms with Gasteiger partial charge in [0, 0.05) is 24.6 Å². The van der Waals surface area contributed by atoms with Crippen molar-refractivity contribution < 1.29 is 0 Å². The fraction of sp³-hybridized carbons (Fsp3) is 0.294. The number of aromatic nitrogens is 1. The highest BCUT2D eigenvalue weighted by Gasteiger charge is 2.10. The molecule has 108 valence electrons. The molecule has 1 aliphatic carbocycles. The van der Waals surface area contributed by atoms with Crippen molar-refractivity contribution in [1.82, 2.24) is 4.98 Å². The number of pyridine rings is 1. The van der Waals surface area contributed by atoms with E-state index in [1.165, 1.54) is 36.0 Å². The highest BCUT2D eigenvalue weighted by atomic mass is 15.1. The number of nitrogens with two attached hydrogens (primary N) is 1. The van der Waals surface area contributed by atoms with Crippen LogP contribution in [0.25, 0.3) is 0 Å². The lowest BCUT2D eigenvalue weighted by atomic mass is 10.1. The topological polar surface area (TPSA) is 63.3 Å². The second kappa shape index (κ2) is 6.39. The first kappa shape index (κ1) is 13.6. The predicted octanol–water partition coefficient (Wildman–Crippen LogP) is 2.54. The average molecular weight is 280 g/mol. The molecule has 21 heavy (non-hydrogen) atoms. The van der Waals surface area contributed by atoms with Gasteiger partial charge in [0.25, 0.3) is 0 Å². The predicted molar refractivity (Wildman–Crippen MR) is 86.5 cm³/mol. The summed E-state index contributed by atoms with van der Waals surface area (Å²) in [6.07, 6.45) is 8.11. The third-order valence-corrected chi connectivity index (χ3v) is 3.78. The Bertz CT molecular complexity index is 634. The highest BCUT2D eigenvalue weighted by molar-refractivity contribution is 5.92. The van der Waals surface area contributed by atoms with Crippen LogP contribution in [0.5, 0.6) is 0 Å². The summed E-state index contributed by atoms with van der Waals surface area (Å²) < 4.78 is 0. The summed E-state index contributed by atoms with van der Waals surface area (Å²) in [4.78, 5) is 8.45. The van der Waals surface area contributed by atoms with Gasteiger partial charge in [-0.15, -0.1) is 0 Å². The number of rotatable bonds is 4. The molecule has 3 N–H and O–H groups in total. The van der Waals surface area contributed by atoms with Gasteiger partial charge in [-0.3, -0.25) is 9.98 Å². The van der Waals surface area contributed by atoms with E-state index in [0.717, 1.165) is 12.1 Å². The van der Waals surface area contributed by atoms with E-state index in [9.17, 15) is 0 Å². The molecule has 1 aromatic carbocycles. The lowest BCUT2D eigenvalue weighted by molar-refractivity contribution is 0.912. The molecule has 2 aromatic rings. The van der Waals surface area contributed by atoms with E-state index in [-0.39, 0.29) is 0 Å². The standard InChI is InChI=1S/C17H20N4/c18-17(20-10-8-13-3-2-9-19-12-13)21-16-7-6-14-4-1-5-15(14)11-16/h2-3,6-7,9,11-12H,1,4-5,8,10H2,(H3,18,20,21). The molecule has 0 atom stereocenters. The number of benzene rings is 1. The van der Waals surface area contributed by atoms with E-state index in [1.807, 2.05) is 18.3 Å². The summed E-state index contributed by atoms with van der Waals surface area (Å²) >= 11 is 0. The van der Waals surface area contributed by atoms with Crippen LogP contribution >= 0.6 is 0 Å². The number of hydrogen-bond acceptors (Lipinski definition) is 2. The Kier molecular flexibility index (Phi) is 4.15. The van der Waals surface area contributed by atoms with Crippen LogP contribution in [0.4, 0.5) is 5.69 Å². The summed E-state index contributed by atoms with van der Waals surface area (Å²) in [6, 6.07) is 10.4. The molecule has 1 aromatic heterocycles. The minimum atomic E-state index is 0.469. The van der Waals surface area contributed by atoms with E-state index in [1.54, 1.807) is 6.20 Å². The van der Waals surface area contributed by atoms with Crippen molar-refractivity contribution >= 4 is 11.6 Å². The van der Waals surface area contributed by atoms with Gasteiger partial charge >= 0.3 is 0 Å². The Hall–Kier alpha value is -2.36. The Morgan fingerprint density at radius 3 is 3.00 bits per heavy atom. The van der Waals surface area contributed by atoms with Gasteiger partial charge in [0.2, 0.25) is 0 Å². The third-order valence-electron chi connectivity index (χ3n) is 3.78. The second-order valence-corrected chi connectivity index (χ2v) is 5.34. The quantitative estimate of drug-likeness (QED) is 0.668. The van der Waals surface area contributed by atoms with Crippen LogP contribution in [0, 0.1) is 0 Å². The lowest BCUT2D eigenvalue weighted by Crippen LogP contribution is -2.23. The Morgan fingerprint density at radius 2 is 2.14 bits per heavy atom. The Labute approximate surface area is 125 Å². The summed E-state index contributed by atoms with van der Waals surface area (Å²) in [7, 11) is 0. The number of anilines is 1. The molecule has 4 heteroatoms. The summed E-state index contributed by atoms with van der Waals surface area (Å²) in [5.74, 6) is 0.469. The van der Waals surface area contributed by atoms with Crippen molar-refractivity contribution in [1.29, 1.82) is 0 Å². The number of nitrogens with zero attached hydrogens (tertiary/aromatic N) is 2. The van der Waals surface area contributed by atoms with E-state index in [0.29, 0.717) is 12.5 Å². The van der Waals surface area contributed by atoms with E-state index in [2.05, 4.69) is 33.5 Å². The second-order valence-electron chi connectivity index (χ2n) is 5.34. The summed E-state index contributed by atoms with van der Waals surface area (Å²) in [5.41, 5.74) is 11.0. The van der Waals surface area contributed by atoms with Crippen LogP contribution in [0.1, 0.15) is 23.1 Å². The number of hydrogen-bond donors (Lipinski definition) is 2. The molecule has 3 rings (SSSR count). The highest BCUT2D eigenvalue weighted by Crippen LogP contribution is 2.24. The molecule has 0 saturated carbocycles. The molecule has 0 spiro atoms. The van der Waals surface area contributed by atoms with Gasteiger partial charge in [-0.05, 0) is 60.6 Å². The van der Waals surface area contributed by atoms with E-state index in [4.69, 9.17) is 5.73 Å². The third kappa shape index (κ3) is 3.60. The van der Waals surface area contributed by atoms with Crippen LogP contribution in [0.2, 0.25) is 0 Å². The molecular weight excluding hydrogens is 260 g/mol. The molecule has 0 bridgehead atoms. The SMILES string of the molecule is NC(=NCCc1cccnc1)Nc1ccc2c(c1)CCC2. The number of aliphatic imine (C=N–C) groups is 1. The van der Waals surface area contributed by atoms with Gasteiger partial charge in [-0.1, -0.05) is 12.1 Å². The van der Waals surface area contributed by atoms with Crippen molar-refractivity contribution in [2.24, 2.45) is 10.7 Å². The lowest BCUT2D eigenvalue weighted by Gasteiger charge is -2.08. The van der Waals surface area contributed by atoms with Crippen molar-refractivity contribution in [2.45, 2.75) is 25.7 Å². The molecule has 4 nitrogen and oxygen atoms in total. The first-order chi connectivity index (χ1) is 10.3. The first-order valence-electron chi connectivity index (χ1n) is 7.39. The van der Waals surface area contributed by atoms with Crippen LogP contribution in [0.3, 0.4) is 0 Å². The number of nitrogens with one attached hydrogen (secondary N) is 1. The number of aryl methyl sites for hydroxylation is 2. The average Bonchev–Trinajstić information content (AvgIpc) is 2.96. The van der Waals surface area contributed by atoms with Gasteiger partial charge in [-0.2, -0.15) is 0 Å². The molecule has 0 fully saturated rings. The van der Waals surface area contributed by atoms with Gasteiger partial charge in [-0.25, -0.2) is 0 Å². The monoisotopic (exact) mass is 280 g/mol. The molecule has 0 saturated heterocycles. The van der Waals surface area contributed by atoms with Crippen molar-refractivity contribution in [2.75, 3.05) is 11.9 Å². The van der Waals surface area contributed by atoms with Crippen LogP contribution in [0.15, 0.2) is 47.7 Å². The Balaban J connectivity index is 1.56. The molecule has 0 amide bonds. The largest absolute Gasteiger partial charge is 0.370 e. The van der Waals surface area contributed by atoms with Crippen molar-refractivity contribution in [3.8, 4) is 0 Å². The van der Waals surface area contributed by atoms with Gasteiger partial charge in [0.1, 0.15) is 0 Å². The summed E-state index contributed by atoms with van der Waals surface area (Å²) in [5, 5.41) is 3.17. The van der Waals surface area contributed by atoms with Gasteiger partial charge < -0.3 is 11.1 Å². The van der Waals surface area contributed by atoms with E-state index < -0.39 is 0 Å². The minimum absolute atomic E-state index is 0.469. The maximum Gasteiger partial charge on any atom is 0.193 e. The Morgan fingerprint density at radius 1 is 1.24 bits per heavy atom. The zero-order valence-electron chi connectivity index (χ0n) is 12.0. The molecule has 0 unspecified atom stereocenters. The molecule has 1 aliphatic rings. The smallest absolute Gasteiger partial charge is 0.193 e. The van der Waals surface area contributed by atoms with Crippen LogP contribution in [-0.2, 0) is 19.3 Å². The number of guanidine groups is 1.